The van der Waals surface area contributed by atoms with Gasteiger partial charge in [0.05, 0.1) is 11.4 Å². The first-order chi connectivity index (χ1) is 10.1. The van der Waals surface area contributed by atoms with Crippen LogP contribution in [0.1, 0.15) is 11.6 Å². The summed E-state index contributed by atoms with van der Waals surface area (Å²) in [7, 11) is 0. The van der Waals surface area contributed by atoms with Gasteiger partial charge in [-0.25, -0.2) is 0 Å². The van der Waals surface area contributed by atoms with Crippen LogP contribution in [0, 0.1) is 0 Å². The molecule has 0 fully saturated rings. The van der Waals surface area contributed by atoms with Crippen molar-refractivity contribution in [2.75, 3.05) is 6.61 Å². The molecule has 0 aliphatic rings. The molecule has 0 bridgehead atoms. The second kappa shape index (κ2) is 5.63. The Labute approximate surface area is 125 Å². The van der Waals surface area contributed by atoms with Crippen LogP contribution >= 0.6 is 11.6 Å². The Hall–Kier alpha value is -2.24. The number of halogens is 1. The lowest BCUT2D eigenvalue weighted by molar-refractivity contribution is 0.264. The monoisotopic (exact) mass is 304 g/mol. The molecule has 0 radical (unpaired) electrons. The van der Waals surface area contributed by atoms with E-state index in [1.165, 1.54) is 0 Å². The van der Waals surface area contributed by atoms with E-state index < -0.39 is 0 Å². The van der Waals surface area contributed by atoms with Gasteiger partial charge in [-0.05, 0) is 41.1 Å². The van der Waals surface area contributed by atoms with Crippen LogP contribution in [0.4, 0.5) is 0 Å². The summed E-state index contributed by atoms with van der Waals surface area (Å²) in [4.78, 5) is 0. The van der Waals surface area contributed by atoms with Gasteiger partial charge in [-0.2, -0.15) is 0 Å². The van der Waals surface area contributed by atoms with Gasteiger partial charge in [-0.3, -0.25) is 0 Å². The minimum Gasteiger partial charge on any atom is -0.508 e. The minimum absolute atomic E-state index is 0.198. The number of benzene rings is 2. The zero-order valence-electron chi connectivity index (χ0n) is 11.0. The topological polar surface area (TPSA) is 81.5 Å². The Kier molecular flexibility index (Phi) is 3.68. The number of phenolic OH excluding ortho intramolecular Hbond substituents is 1. The van der Waals surface area contributed by atoms with E-state index in [-0.39, 0.29) is 18.4 Å². The predicted molar refractivity (Wildman–Crippen MR) is 79.5 cm³/mol. The lowest BCUT2D eigenvalue weighted by Gasteiger charge is -2.12. The quantitative estimate of drug-likeness (QED) is 0.773. The summed E-state index contributed by atoms with van der Waals surface area (Å²) in [6, 6.07) is 11.5. The summed E-state index contributed by atoms with van der Waals surface area (Å²) >= 11 is 5.95. The molecule has 0 saturated carbocycles. The number of hydrogen-bond donors (Lipinski definition) is 2. The van der Waals surface area contributed by atoms with Gasteiger partial charge in [0.25, 0.3) is 5.88 Å². The highest BCUT2D eigenvalue weighted by Gasteiger charge is 2.13. The molecule has 0 amide bonds. The van der Waals surface area contributed by atoms with E-state index in [9.17, 15) is 5.11 Å². The largest absolute Gasteiger partial charge is 0.508 e. The van der Waals surface area contributed by atoms with Crippen LogP contribution < -0.4 is 10.5 Å². The minimum atomic E-state index is -0.337. The number of ether oxygens (including phenoxy) is 1. The molecule has 1 heterocycles. The molecule has 108 valence electrons. The summed E-state index contributed by atoms with van der Waals surface area (Å²) in [6.45, 7) is 0.235. The number of phenols is 1. The Balaban J connectivity index is 1.74. The molecule has 0 aliphatic heterocycles. The van der Waals surface area contributed by atoms with E-state index in [1.807, 2.05) is 0 Å². The number of rotatable bonds is 4. The first kappa shape index (κ1) is 13.7. The maximum absolute atomic E-state index is 9.26. The lowest BCUT2D eigenvalue weighted by atomic mass is 10.1. The first-order valence-corrected chi connectivity index (χ1v) is 6.73. The van der Waals surface area contributed by atoms with Gasteiger partial charge in [0.1, 0.15) is 12.4 Å². The lowest BCUT2D eigenvalue weighted by Crippen LogP contribution is -2.19. The molecule has 1 atom stereocenters. The normalized spacial score (nSPS) is 12.5. The van der Waals surface area contributed by atoms with Crippen molar-refractivity contribution in [2.24, 2.45) is 5.73 Å². The highest BCUT2D eigenvalue weighted by atomic mass is 35.5. The fourth-order valence-corrected chi connectivity index (χ4v) is 2.15. The molecule has 3 aromatic rings. The standard InChI is InChI=1S/C15H13ClN2O3/c16-10-3-6-14-12(7-10)15(18-21-14)20-8-13(17)9-1-4-11(19)5-2-9/h1-7,13,19H,8,17H2. The third-order valence-electron chi connectivity index (χ3n) is 3.12. The van der Waals surface area contributed by atoms with E-state index in [0.29, 0.717) is 21.9 Å². The highest BCUT2D eigenvalue weighted by Crippen LogP contribution is 2.28. The van der Waals surface area contributed by atoms with Gasteiger partial charge in [-0.1, -0.05) is 23.7 Å². The molecule has 6 heteroatoms. The number of hydrogen-bond acceptors (Lipinski definition) is 5. The van der Waals surface area contributed by atoms with Gasteiger partial charge in [-0.15, -0.1) is 0 Å². The predicted octanol–water partition coefficient (Wildman–Crippen LogP) is 3.27. The summed E-state index contributed by atoms with van der Waals surface area (Å²) in [5.74, 6) is 0.561. The average molecular weight is 305 g/mol. The molecule has 0 saturated heterocycles. The van der Waals surface area contributed by atoms with Gasteiger partial charge in [0.15, 0.2) is 5.58 Å². The van der Waals surface area contributed by atoms with E-state index in [1.54, 1.807) is 42.5 Å². The molecular weight excluding hydrogens is 292 g/mol. The molecule has 1 unspecified atom stereocenters. The van der Waals surface area contributed by atoms with Gasteiger partial charge in [0, 0.05) is 5.02 Å². The van der Waals surface area contributed by atoms with Gasteiger partial charge < -0.3 is 20.1 Å². The molecule has 2 aromatic carbocycles. The number of aromatic hydroxyl groups is 1. The van der Waals surface area contributed by atoms with Crippen molar-refractivity contribution in [1.82, 2.24) is 5.16 Å². The Morgan fingerprint density at radius 3 is 2.76 bits per heavy atom. The van der Waals surface area contributed by atoms with Crippen molar-refractivity contribution in [3.63, 3.8) is 0 Å². The van der Waals surface area contributed by atoms with Crippen molar-refractivity contribution in [3.8, 4) is 11.6 Å². The molecule has 0 aliphatic carbocycles. The van der Waals surface area contributed by atoms with Crippen molar-refractivity contribution in [3.05, 3.63) is 53.1 Å². The number of nitrogens with two attached hydrogens (primary N) is 1. The zero-order chi connectivity index (χ0) is 14.8. The van der Waals surface area contributed by atoms with Gasteiger partial charge in [0.2, 0.25) is 0 Å². The molecule has 1 aromatic heterocycles. The smallest absolute Gasteiger partial charge is 0.262 e. The van der Waals surface area contributed by atoms with Gasteiger partial charge >= 0.3 is 0 Å². The first-order valence-electron chi connectivity index (χ1n) is 6.36. The number of nitrogens with zero attached hydrogens (tertiary/aromatic N) is 1. The second-order valence-electron chi connectivity index (χ2n) is 4.64. The summed E-state index contributed by atoms with van der Waals surface area (Å²) < 4.78 is 10.8. The van der Waals surface area contributed by atoms with E-state index in [0.717, 1.165) is 5.56 Å². The highest BCUT2D eigenvalue weighted by molar-refractivity contribution is 6.31. The Morgan fingerprint density at radius 2 is 2.00 bits per heavy atom. The van der Waals surface area contributed by atoms with Crippen LogP contribution in [-0.2, 0) is 0 Å². The SMILES string of the molecule is NC(COc1noc2ccc(Cl)cc12)c1ccc(O)cc1. The Bertz CT molecular complexity index is 755. The second-order valence-corrected chi connectivity index (χ2v) is 5.07. The van der Waals surface area contributed by atoms with Crippen LogP contribution in [-0.4, -0.2) is 16.9 Å². The fraction of sp³-hybridized carbons (Fsp3) is 0.133. The van der Waals surface area contributed by atoms with E-state index in [4.69, 9.17) is 26.6 Å². The average Bonchev–Trinajstić information content (AvgIpc) is 2.88. The van der Waals surface area contributed by atoms with Crippen molar-refractivity contribution in [2.45, 2.75) is 6.04 Å². The number of aromatic nitrogens is 1. The molecular formula is C15H13ClN2O3. The zero-order valence-corrected chi connectivity index (χ0v) is 11.7. The molecule has 3 rings (SSSR count). The maximum Gasteiger partial charge on any atom is 0.262 e. The van der Waals surface area contributed by atoms with Crippen LogP contribution in [0.2, 0.25) is 5.02 Å². The molecule has 0 spiro atoms. The third kappa shape index (κ3) is 2.94. The summed E-state index contributed by atoms with van der Waals surface area (Å²) in [6.07, 6.45) is 0. The van der Waals surface area contributed by atoms with E-state index in [2.05, 4.69) is 5.16 Å². The molecule has 21 heavy (non-hydrogen) atoms. The fourth-order valence-electron chi connectivity index (χ4n) is 1.98. The van der Waals surface area contributed by atoms with Crippen LogP contribution in [0.3, 0.4) is 0 Å². The van der Waals surface area contributed by atoms with Crippen molar-refractivity contribution in [1.29, 1.82) is 0 Å². The van der Waals surface area contributed by atoms with Crippen LogP contribution in [0.25, 0.3) is 11.0 Å². The van der Waals surface area contributed by atoms with Crippen molar-refractivity contribution >= 4 is 22.6 Å². The summed E-state index contributed by atoms with van der Waals surface area (Å²) in [5.41, 5.74) is 7.51. The number of fused-ring (bicyclic) bond motifs is 1. The maximum atomic E-state index is 9.26. The van der Waals surface area contributed by atoms with Crippen LogP contribution in [0.5, 0.6) is 11.6 Å². The summed E-state index contributed by atoms with van der Waals surface area (Å²) in [5, 5.41) is 14.4. The van der Waals surface area contributed by atoms with Crippen molar-refractivity contribution < 1.29 is 14.4 Å². The molecule has 3 N–H and O–H groups in total. The van der Waals surface area contributed by atoms with Crippen LogP contribution in [0.15, 0.2) is 47.0 Å². The van der Waals surface area contributed by atoms with E-state index >= 15 is 0 Å². The Morgan fingerprint density at radius 1 is 1.24 bits per heavy atom. The third-order valence-corrected chi connectivity index (χ3v) is 3.35. The molecule has 5 nitrogen and oxygen atoms in total.